The summed E-state index contributed by atoms with van der Waals surface area (Å²) in [5, 5.41) is 9.39. The fourth-order valence-corrected chi connectivity index (χ4v) is 1.23. The molecule has 0 radical (unpaired) electrons. The largest absolute Gasteiger partial charge is 0.460 e. The fraction of sp³-hybridized carbons (Fsp3) is 0.500. The Labute approximate surface area is 89.7 Å². The molecule has 1 rings (SSSR count). The zero-order valence-corrected chi connectivity index (χ0v) is 9.54. The summed E-state index contributed by atoms with van der Waals surface area (Å²) < 4.78 is 18.6. The normalized spacial score (nSPS) is 11.9. The Morgan fingerprint density at radius 1 is 1.33 bits per heavy atom. The van der Waals surface area contributed by atoms with Crippen LogP contribution in [0.1, 0.15) is 39.2 Å². The molecule has 0 bridgehead atoms. The minimum Gasteiger partial charge on any atom is -0.460 e. The van der Waals surface area contributed by atoms with Gasteiger partial charge in [-0.25, -0.2) is 4.39 Å². The molecule has 15 heavy (non-hydrogen) atoms. The molecular weight excluding hydrogens is 195 g/mol. The van der Waals surface area contributed by atoms with E-state index in [2.05, 4.69) is 0 Å². The molecule has 0 amide bonds. The molecule has 0 atom stereocenters. The maximum Gasteiger partial charge on any atom is 0.202 e. The van der Waals surface area contributed by atoms with Crippen molar-refractivity contribution in [1.82, 2.24) is 0 Å². The molecule has 0 fully saturated rings. The molecule has 0 aliphatic rings. The SMILES string of the molecule is CC(C)c1ccc(OC(C)(C)O)c(F)c1. The number of hydrogen-bond donors (Lipinski definition) is 1. The molecular formula is C12H17FO2. The molecule has 84 valence electrons. The molecule has 0 aromatic heterocycles. The summed E-state index contributed by atoms with van der Waals surface area (Å²) in [6, 6.07) is 4.78. The number of ether oxygens (including phenoxy) is 1. The van der Waals surface area contributed by atoms with Crippen molar-refractivity contribution in [2.24, 2.45) is 0 Å². The van der Waals surface area contributed by atoms with Gasteiger partial charge in [0.2, 0.25) is 5.79 Å². The lowest BCUT2D eigenvalue weighted by Crippen LogP contribution is -2.27. The summed E-state index contributed by atoms with van der Waals surface area (Å²) in [5.41, 5.74) is 0.913. The fourth-order valence-electron chi connectivity index (χ4n) is 1.23. The van der Waals surface area contributed by atoms with Crippen LogP contribution in [0.5, 0.6) is 5.75 Å². The van der Waals surface area contributed by atoms with E-state index < -0.39 is 11.6 Å². The highest BCUT2D eigenvalue weighted by Gasteiger charge is 2.17. The van der Waals surface area contributed by atoms with Gasteiger partial charge in [-0.3, -0.25) is 0 Å². The summed E-state index contributed by atoms with van der Waals surface area (Å²) in [6.07, 6.45) is 0. The van der Waals surface area contributed by atoms with Crippen LogP contribution in [0.25, 0.3) is 0 Å². The van der Waals surface area contributed by atoms with Gasteiger partial charge in [0.1, 0.15) is 0 Å². The van der Waals surface area contributed by atoms with Crippen molar-refractivity contribution in [2.75, 3.05) is 0 Å². The van der Waals surface area contributed by atoms with Gasteiger partial charge in [-0.05, 0) is 23.6 Å². The zero-order valence-electron chi connectivity index (χ0n) is 9.54. The van der Waals surface area contributed by atoms with E-state index in [0.717, 1.165) is 5.56 Å². The second-order valence-corrected chi connectivity index (χ2v) is 4.39. The van der Waals surface area contributed by atoms with E-state index in [4.69, 9.17) is 4.74 Å². The Balaban J connectivity index is 2.94. The van der Waals surface area contributed by atoms with E-state index in [1.54, 1.807) is 12.1 Å². The molecule has 1 aromatic rings. The first-order valence-corrected chi connectivity index (χ1v) is 5.00. The number of halogens is 1. The lowest BCUT2D eigenvalue weighted by molar-refractivity contribution is -0.106. The lowest BCUT2D eigenvalue weighted by atomic mass is 10.0. The second-order valence-electron chi connectivity index (χ2n) is 4.39. The monoisotopic (exact) mass is 212 g/mol. The maximum atomic E-state index is 13.5. The van der Waals surface area contributed by atoms with Crippen LogP contribution in [0.4, 0.5) is 4.39 Å². The Bertz CT molecular complexity index is 340. The molecule has 0 aliphatic heterocycles. The van der Waals surface area contributed by atoms with Gasteiger partial charge in [-0.2, -0.15) is 0 Å². The zero-order chi connectivity index (χ0) is 11.6. The average molecular weight is 212 g/mol. The van der Waals surface area contributed by atoms with Gasteiger partial charge >= 0.3 is 0 Å². The van der Waals surface area contributed by atoms with Crippen molar-refractivity contribution >= 4 is 0 Å². The van der Waals surface area contributed by atoms with E-state index in [9.17, 15) is 9.50 Å². The number of rotatable bonds is 3. The van der Waals surface area contributed by atoms with Gasteiger partial charge in [0.15, 0.2) is 11.6 Å². The predicted octanol–water partition coefficient (Wildman–Crippen LogP) is 3.06. The van der Waals surface area contributed by atoms with Crippen LogP contribution in [0.2, 0.25) is 0 Å². The summed E-state index contributed by atoms with van der Waals surface area (Å²) in [7, 11) is 0. The summed E-state index contributed by atoms with van der Waals surface area (Å²) >= 11 is 0. The minimum atomic E-state index is -1.36. The molecule has 0 saturated carbocycles. The third kappa shape index (κ3) is 3.51. The number of aliphatic hydroxyl groups is 1. The van der Waals surface area contributed by atoms with Crippen molar-refractivity contribution in [3.8, 4) is 5.75 Å². The van der Waals surface area contributed by atoms with E-state index >= 15 is 0 Å². The summed E-state index contributed by atoms with van der Waals surface area (Å²) in [5.74, 6) is -1.45. The van der Waals surface area contributed by atoms with Gasteiger partial charge in [0.05, 0.1) is 0 Å². The van der Waals surface area contributed by atoms with Gasteiger partial charge in [0, 0.05) is 13.8 Å². The Kier molecular flexibility index (Phi) is 3.35. The molecule has 3 heteroatoms. The Morgan fingerprint density at radius 2 is 1.93 bits per heavy atom. The Hall–Kier alpha value is -1.09. The van der Waals surface area contributed by atoms with Gasteiger partial charge in [-0.15, -0.1) is 0 Å². The predicted molar refractivity (Wildman–Crippen MR) is 57.4 cm³/mol. The van der Waals surface area contributed by atoms with E-state index in [0.29, 0.717) is 0 Å². The van der Waals surface area contributed by atoms with Gasteiger partial charge in [0.25, 0.3) is 0 Å². The minimum absolute atomic E-state index is 0.0758. The van der Waals surface area contributed by atoms with Gasteiger partial charge < -0.3 is 9.84 Å². The topological polar surface area (TPSA) is 29.5 Å². The van der Waals surface area contributed by atoms with Crippen LogP contribution in [0.3, 0.4) is 0 Å². The van der Waals surface area contributed by atoms with Gasteiger partial charge in [-0.1, -0.05) is 19.9 Å². The van der Waals surface area contributed by atoms with Crippen LogP contribution < -0.4 is 4.74 Å². The summed E-state index contributed by atoms with van der Waals surface area (Å²) in [4.78, 5) is 0. The third-order valence-corrected chi connectivity index (χ3v) is 1.98. The lowest BCUT2D eigenvalue weighted by Gasteiger charge is -2.20. The van der Waals surface area contributed by atoms with E-state index in [1.807, 2.05) is 13.8 Å². The molecule has 1 aromatic carbocycles. The van der Waals surface area contributed by atoms with Crippen molar-refractivity contribution in [3.05, 3.63) is 29.6 Å². The highest BCUT2D eigenvalue weighted by Crippen LogP contribution is 2.25. The average Bonchev–Trinajstić information content (AvgIpc) is 2.05. The van der Waals surface area contributed by atoms with Crippen LogP contribution in [-0.2, 0) is 0 Å². The highest BCUT2D eigenvalue weighted by molar-refractivity contribution is 5.31. The standard InChI is InChI=1S/C12H17FO2/c1-8(2)9-5-6-11(10(13)7-9)15-12(3,4)14/h5-8,14H,1-4H3. The molecule has 1 N–H and O–H groups in total. The first-order chi connectivity index (χ1) is 6.79. The van der Waals surface area contributed by atoms with Crippen LogP contribution in [-0.4, -0.2) is 10.9 Å². The van der Waals surface area contributed by atoms with Crippen molar-refractivity contribution in [1.29, 1.82) is 0 Å². The van der Waals surface area contributed by atoms with E-state index in [-0.39, 0.29) is 11.7 Å². The molecule has 0 saturated heterocycles. The Morgan fingerprint density at radius 3 is 2.33 bits per heavy atom. The highest BCUT2D eigenvalue weighted by atomic mass is 19.1. The molecule has 0 spiro atoms. The first kappa shape index (κ1) is 12.0. The molecule has 0 heterocycles. The second kappa shape index (κ2) is 4.19. The quantitative estimate of drug-likeness (QED) is 0.780. The summed E-state index contributed by atoms with van der Waals surface area (Å²) in [6.45, 7) is 6.90. The van der Waals surface area contributed by atoms with Crippen LogP contribution in [0, 0.1) is 5.82 Å². The van der Waals surface area contributed by atoms with Crippen molar-refractivity contribution < 1.29 is 14.2 Å². The van der Waals surface area contributed by atoms with Crippen molar-refractivity contribution in [2.45, 2.75) is 39.4 Å². The maximum absolute atomic E-state index is 13.5. The number of hydrogen-bond acceptors (Lipinski definition) is 2. The first-order valence-electron chi connectivity index (χ1n) is 5.00. The van der Waals surface area contributed by atoms with Crippen LogP contribution >= 0.6 is 0 Å². The van der Waals surface area contributed by atoms with Crippen molar-refractivity contribution in [3.63, 3.8) is 0 Å². The van der Waals surface area contributed by atoms with Crippen LogP contribution in [0.15, 0.2) is 18.2 Å². The molecule has 0 unspecified atom stereocenters. The molecule has 0 aliphatic carbocycles. The molecule has 2 nitrogen and oxygen atoms in total. The number of benzene rings is 1. The third-order valence-electron chi connectivity index (χ3n) is 1.98. The smallest absolute Gasteiger partial charge is 0.202 e. The van der Waals surface area contributed by atoms with E-state index in [1.165, 1.54) is 19.9 Å².